The average molecular weight is 711 g/mol. The van der Waals surface area contributed by atoms with Crippen molar-refractivity contribution in [2.45, 2.75) is 79.1 Å². The summed E-state index contributed by atoms with van der Waals surface area (Å²) in [5, 5.41) is 13.9. The molecule has 0 bridgehead atoms. The van der Waals surface area contributed by atoms with Crippen molar-refractivity contribution in [3.63, 3.8) is 0 Å². The summed E-state index contributed by atoms with van der Waals surface area (Å²) >= 11 is 0. The van der Waals surface area contributed by atoms with E-state index in [1.54, 1.807) is 0 Å². The Kier molecular flexibility index (Phi) is 8.11. The van der Waals surface area contributed by atoms with Crippen LogP contribution in [-0.4, -0.2) is 19.6 Å². The van der Waals surface area contributed by atoms with Gasteiger partial charge in [0, 0.05) is 45.1 Å². The third-order valence-electron chi connectivity index (χ3n) is 11.1. The van der Waals surface area contributed by atoms with Gasteiger partial charge in [0.1, 0.15) is 22.3 Å². The zero-order chi connectivity index (χ0) is 37.4. The zero-order valence-electron chi connectivity index (χ0n) is 32.3. The maximum absolute atomic E-state index is 6.47. The van der Waals surface area contributed by atoms with E-state index in [-0.39, 0.29) is 0 Å². The Morgan fingerprint density at radius 3 is 1.15 bits per heavy atom. The minimum atomic E-state index is 0.401. The topological polar surface area (TPSA) is 61.9 Å². The molecule has 0 fully saturated rings. The third-order valence-corrected chi connectivity index (χ3v) is 11.1. The standard InChI is InChI=1S/C48H46N4O2/c1-27(2)35-11-9-12-36(28(3)4)45(35)31-23-49-51(25-31)33-15-17-41-39(21-33)47-43(53-41)19-20-44-48(47)40-22-34(16-18-42(40)54-44)52-26-32(24-50-52)46-37(29(5)6)13-10-14-38(46)30(7)8/h9-30H,1-8H3. The molecule has 0 spiro atoms. The van der Waals surface area contributed by atoms with Crippen LogP contribution in [-0.2, 0) is 0 Å². The molecule has 0 aliphatic heterocycles. The molecule has 5 aromatic carbocycles. The van der Waals surface area contributed by atoms with Crippen LogP contribution in [0.4, 0.5) is 0 Å². The van der Waals surface area contributed by atoms with Gasteiger partial charge in [0.15, 0.2) is 0 Å². The lowest BCUT2D eigenvalue weighted by atomic mass is 9.86. The number of hydrogen-bond acceptors (Lipinski definition) is 4. The molecule has 0 aliphatic carbocycles. The van der Waals surface area contributed by atoms with Crippen molar-refractivity contribution in [2.75, 3.05) is 0 Å². The summed E-state index contributed by atoms with van der Waals surface area (Å²) in [5.41, 5.74) is 15.5. The highest BCUT2D eigenvalue weighted by atomic mass is 16.3. The van der Waals surface area contributed by atoms with Gasteiger partial charge in [-0.3, -0.25) is 0 Å². The lowest BCUT2D eigenvalue weighted by molar-refractivity contribution is 0.662. The Balaban J connectivity index is 1.17. The first kappa shape index (κ1) is 33.9. The SMILES string of the molecule is CC(C)c1cccc(C(C)C)c1-c1cnn(-c2ccc3oc4ccc5oc6ccc(-n7cc(-c8c(C(C)C)cccc8C(C)C)cn7)cc6c5c4c3c2)c1. The third kappa shape index (κ3) is 5.46. The minimum Gasteiger partial charge on any atom is -0.456 e. The Labute approximate surface area is 316 Å². The Hall–Kier alpha value is -5.88. The normalized spacial score (nSPS) is 12.4. The second-order valence-electron chi connectivity index (χ2n) is 16.0. The van der Waals surface area contributed by atoms with E-state index in [1.165, 1.54) is 33.4 Å². The van der Waals surface area contributed by atoms with Crippen molar-refractivity contribution in [1.82, 2.24) is 19.6 Å². The lowest BCUT2D eigenvalue weighted by Gasteiger charge is -2.18. The van der Waals surface area contributed by atoms with Gasteiger partial charge >= 0.3 is 0 Å². The molecule has 270 valence electrons. The molecular weight excluding hydrogens is 665 g/mol. The molecule has 4 aromatic heterocycles. The first-order chi connectivity index (χ1) is 26.1. The maximum atomic E-state index is 6.47. The molecule has 0 amide bonds. The highest BCUT2D eigenvalue weighted by molar-refractivity contribution is 6.26. The molecule has 0 saturated carbocycles. The van der Waals surface area contributed by atoms with Crippen molar-refractivity contribution >= 4 is 43.9 Å². The lowest BCUT2D eigenvalue weighted by Crippen LogP contribution is -1.99. The first-order valence-corrected chi connectivity index (χ1v) is 19.2. The van der Waals surface area contributed by atoms with Gasteiger partial charge in [-0.25, -0.2) is 9.36 Å². The van der Waals surface area contributed by atoms with Crippen molar-refractivity contribution in [1.29, 1.82) is 0 Å². The summed E-state index contributed by atoms with van der Waals surface area (Å²) in [6.07, 6.45) is 8.32. The fourth-order valence-electron chi connectivity index (χ4n) is 8.35. The van der Waals surface area contributed by atoms with E-state index in [0.717, 1.165) is 66.4 Å². The second kappa shape index (κ2) is 12.9. The molecule has 0 radical (unpaired) electrons. The van der Waals surface area contributed by atoms with E-state index in [9.17, 15) is 0 Å². The molecule has 6 heteroatoms. The van der Waals surface area contributed by atoms with Gasteiger partial charge in [-0.2, -0.15) is 10.2 Å². The van der Waals surface area contributed by atoms with E-state index < -0.39 is 0 Å². The number of nitrogens with zero attached hydrogens (tertiary/aromatic N) is 4. The summed E-state index contributed by atoms with van der Waals surface area (Å²) in [4.78, 5) is 0. The summed E-state index contributed by atoms with van der Waals surface area (Å²) in [6, 6.07) is 30.0. The average Bonchev–Trinajstić information content (AvgIpc) is 3.98. The number of benzene rings is 5. The first-order valence-electron chi connectivity index (χ1n) is 19.2. The summed E-state index contributed by atoms with van der Waals surface area (Å²) in [7, 11) is 0. The van der Waals surface area contributed by atoms with Crippen LogP contribution in [0.25, 0.3) is 77.5 Å². The molecular formula is C48H46N4O2. The van der Waals surface area contributed by atoms with Gasteiger partial charge in [0.25, 0.3) is 0 Å². The van der Waals surface area contributed by atoms with Crippen molar-refractivity contribution in [3.8, 4) is 33.6 Å². The molecule has 6 nitrogen and oxygen atoms in total. The van der Waals surface area contributed by atoms with Crippen LogP contribution in [0.5, 0.6) is 0 Å². The summed E-state index contributed by atoms with van der Waals surface area (Å²) in [6.45, 7) is 18.1. The van der Waals surface area contributed by atoms with Crippen molar-refractivity contribution in [3.05, 3.63) is 132 Å². The Morgan fingerprint density at radius 2 is 0.796 bits per heavy atom. The smallest absolute Gasteiger partial charge is 0.136 e. The van der Waals surface area contributed by atoms with Gasteiger partial charge in [-0.1, -0.05) is 91.8 Å². The van der Waals surface area contributed by atoms with Gasteiger partial charge in [0.05, 0.1) is 23.8 Å². The van der Waals surface area contributed by atoms with Gasteiger partial charge in [-0.05, 0) is 106 Å². The summed E-state index contributed by atoms with van der Waals surface area (Å²) in [5.74, 6) is 1.60. The van der Waals surface area contributed by atoms with Crippen LogP contribution >= 0.6 is 0 Å². The fourth-order valence-corrected chi connectivity index (χ4v) is 8.35. The number of hydrogen-bond donors (Lipinski definition) is 0. The second-order valence-corrected chi connectivity index (χ2v) is 16.0. The van der Waals surface area contributed by atoms with Crippen LogP contribution in [0, 0.1) is 0 Å². The van der Waals surface area contributed by atoms with Gasteiger partial charge in [-0.15, -0.1) is 0 Å². The highest BCUT2D eigenvalue weighted by Gasteiger charge is 2.21. The van der Waals surface area contributed by atoms with Crippen LogP contribution in [0.15, 0.2) is 119 Å². The van der Waals surface area contributed by atoms with Crippen LogP contribution in [0.1, 0.15) is 101 Å². The van der Waals surface area contributed by atoms with E-state index in [0.29, 0.717) is 23.7 Å². The highest BCUT2D eigenvalue weighted by Crippen LogP contribution is 2.42. The van der Waals surface area contributed by atoms with Crippen molar-refractivity contribution in [2.24, 2.45) is 0 Å². The monoisotopic (exact) mass is 710 g/mol. The Morgan fingerprint density at radius 1 is 0.444 bits per heavy atom. The molecule has 4 heterocycles. The van der Waals surface area contributed by atoms with E-state index in [2.05, 4.69) is 141 Å². The van der Waals surface area contributed by atoms with Crippen LogP contribution < -0.4 is 0 Å². The van der Waals surface area contributed by atoms with Crippen LogP contribution in [0.3, 0.4) is 0 Å². The number of rotatable bonds is 8. The predicted molar refractivity (Wildman–Crippen MR) is 222 cm³/mol. The molecule has 0 N–H and O–H groups in total. The number of furan rings is 2. The minimum absolute atomic E-state index is 0.401. The fraction of sp³-hybridized carbons (Fsp3) is 0.250. The van der Waals surface area contributed by atoms with Crippen molar-refractivity contribution < 1.29 is 8.83 Å². The van der Waals surface area contributed by atoms with Gasteiger partial charge in [0.2, 0.25) is 0 Å². The van der Waals surface area contributed by atoms with E-state index >= 15 is 0 Å². The number of aromatic nitrogens is 4. The summed E-state index contributed by atoms with van der Waals surface area (Å²) < 4.78 is 16.9. The quantitative estimate of drug-likeness (QED) is 0.157. The van der Waals surface area contributed by atoms with Gasteiger partial charge < -0.3 is 8.83 Å². The Bertz CT molecular complexity index is 2610. The largest absolute Gasteiger partial charge is 0.456 e. The molecule has 0 unspecified atom stereocenters. The maximum Gasteiger partial charge on any atom is 0.136 e. The molecule has 0 aliphatic rings. The van der Waals surface area contributed by atoms with E-state index in [1.807, 2.05) is 33.9 Å². The zero-order valence-corrected chi connectivity index (χ0v) is 32.3. The molecule has 54 heavy (non-hydrogen) atoms. The predicted octanol–water partition coefficient (Wildman–Crippen LogP) is 13.7. The molecule has 0 atom stereocenters. The van der Waals surface area contributed by atoms with Crippen LogP contribution in [0.2, 0.25) is 0 Å². The molecule has 9 aromatic rings. The molecule has 9 rings (SSSR count). The number of fused-ring (bicyclic) bond motifs is 7. The van der Waals surface area contributed by atoms with E-state index in [4.69, 9.17) is 19.0 Å². The molecule has 0 saturated heterocycles.